The molecule has 0 spiro atoms. The quantitative estimate of drug-likeness (QED) is 0.852. The van der Waals surface area contributed by atoms with Gasteiger partial charge in [0.05, 0.1) is 5.69 Å². The van der Waals surface area contributed by atoms with Gasteiger partial charge >= 0.3 is 5.97 Å². The van der Waals surface area contributed by atoms with Crippen LogP contribution < -0.4 is 4.90 Å². The Kier molecular flexibility index (Phi) is 4.15. The van der Waals surface area contributed by atoms with Crippen molar-refractivity contribution in [3.63, 3.8) is 0 Å². The zero-order valence-electron chi connectivity index (χ0n) is 10.7. The Labute approximate surface area is 107 Å². The van der Waals surface area contributed by atoms with E-state index < -0.39 is 5.97 Å². The van der Waals surface area contributed by atoms with Crippen LogP contribution in [0.1, 0.15) is 23.2 Å². The predicted molar refractivity (Wildman–Crippen MR) is 70.1 cm³/mol. The summed E-state index contributed by atoms with van der Waals surface area (Å²) in [7, 11) is 1.93. The van der Waals surface area contributed by atoms with Crippen LogP contribution in [0.2, 0.25) is 0 Å². The van der Waals surface area contributed by atoms with E-state index in [9.17, 15) is 4.79 Å². The molecule has 1 aliphatic rings. The largest absolute Gasteiger partial charge is 0.478 e. The number of carboxylic acid groups (broad SMARTS) is 1. The van der Waals surface area contributed by atoms with Crippen LogP contribution in [0.25, 0.3) is 0 Å². The molecule has 1 aromatic rings. The Bertz CT molecular complexity index is 416. The Morgan fingerprint density at radius 3 is 2.89 bits per heavy atom. The van der Waals surface area contributed by atoms with Gasteiger partial charge in [-0.05, 0) is 32.0 Å². The van der Waals surface area contributed by atoms with Gasteiger partial charge in [0.15, 0.2) is 0 Å². The molecule has 5 nitrogen and oxygen atoms in total. The number of anilines is 1. The maximum atomic E-state index is 11.1. The number of pyridine rings is 1. The number of likely N-dealkylation sites (tertiary alicyclic amines) is 1. The minimum atomic E-state index is -0.925. The highest BCUT2D eigenvalue weighted by Gasteiger charge is 2.15. The lowest BCUT2D eigenvalue weighted by molar-refractivity contribution is 0.0697. The molecule has 18 heavy (non-hydrogen) atoms. The Morgan fingerprint density at radius 2 is 2.22 bits per heavy atom. The lowest BCUT2D eigenvalue weighted by Crippen LogP contribution is -2.32. The van der Waals surface area contributed by atoms with Gasteiger partial charge < -0.3 is 14.9 Å². The average molecular weight is 249 g/mol. The molecule has 2 heterocycles. The number of carboxylic acids is 1. The summed E-state index contributed by atoms with van der Waals surface area (Å²) in [5.41, 5.74) is 0.998. The van der Waals surface area contributed by atoms with Crippen LogP contribution in [0.15, 0.2) is 18.5 Å². The highest BCUT2D eigenvalue weighted by Crippen LogP contribution is 2.18. The van der Waals surface area contributed by atoms with E-state index in [4.69, 9.17) is 5.11 Å². The molecule has 1 N–H and O–H groups in total. The number of aromatic nitrogens is 1. The number of nitrogens with zero attached hydrogens (tertiary/aromatic N) is 3. The zero-order valence-corrected chi connectivity index (χ0v) is 10.7. The van der Waals surface area contributed by atoms with Crippen LogP contribution in [0, 0.1) is 0 Å². The lowest BCUT2D eigenvalue weighted by Gasteiger charge is -2.24. The maximum absolute atomic E-state index is 11.1. The van der Waals surface area contributed by atoms with Gasteiger partial charge in [0, 0.05) is 32.5 Å². The molecule has 0 unspecified atom stereocenters. The highest BCUT2D eigenvalue weighted by atomic mass is 16.4. The molecule has 0 bridgehead atoms. The van der Waals surface area contributed by atoms with Gasteiger partial charge in [-0.15, -0.1) is 0 Å². The standard InChI is InChI=1S/C13H19N3O2/c1-15(8-9-16-6-2-3-7-16)12-4-5-14-10-11(12)13(17)18/h4-5,10H,2-3,6-9H2,1H3,(H,17,18). The van der Waals surface area contributed by atoms with Crippen molar-refractivity contribution < 1.29 is 9.90 Å². The van der Waals surface area contributed by atoms with E-state index in [1.807, 2.05) is 11.9 Å². The molecule has 98 valence electrons. The minimum Gasteiger partial charge on any atom is -0.478 e. The number of aromatic carboxylic acids is 1. The monoisotopic (exact) mass is 249 g/mol. The minimum absolute atomic E-state index is 0.265. The maximum Gasteiger partial charge on any atom is 0.339 e. The molecule has 1 fully saturated rings. The normalized spacial score (nSPS) is 15.8. The molecule has 1 aliphatic heterocycles. The predicted octanol–water partition coefficient (Wildman–Crippen LogP) is 1.31. The number of hydrogen-bond donors (Lipinski definition) is 1. The van der Waals surface area contributed by atoms with Crippen LogP contribution in [-0.2, 0) is 0 Å². The van der Waals surface area contributed by atoms with Crippen molar-refractivity contribution in [2.45, 2.75) is 12.8 Å². The molecule has 1 aromatic heterocycles. The smallest absolute Gasteiger partial charge is 0.339 e. The SMILES string of the molecule is CN(CCN1CCCC1)c1ccncc1C(=O)O. The molecule has 0 saturated carbocycles. The summed E-state index contributed by atoms with van der Waals surface area (Å²) in [5, 5.41) is 9.12. The van der Waals surface area contributed by atoms with E-state index in [0.29, 0.717) is 0 Å². The molecule has 5 heteroatoms. The molecule has 2 rings (SSSR count). The summed E-state index contributed by atoms with van der Waals surface area (Å²) in [4.78, 5) is 19.4. The van der Waals surface area contributed by atoms with E-state index in [0.717, 1.165) is 31.9 Å². The van der Waals surface area contributed by atoms with Crippen molar-refractivity contribution in [2.75, 3.05) is 38.1 Å². The molecule has 0 radical (unpaired) electrons. The van der Waals surface area contributed by atoms with E-state index >= 15 is 0 Å². The summed E-state index contributed by atoms with van der Waals surface area (Å²) in [6, 6.07) is 1.76. The third-order valence-electron chi connectivity index (χ3n) is 3.39. The van der Waals surface area contributed by atoms with Crippen LogP contribution in [-0.4, -0.2) is 54.2 Å². The van der Waals surface area contributed by atoms with Crippen molar-refractivity contribution in [2.24, 2.45) is 0 Å². The first-order chi connectivity index (χ1) is 8.68. The van der Waals surface area contributed by atoms with E-state index in [2.05, 4.69) is 9.88 Å². The van der Waals surface area contributed by atoms with Gasteiger partial charge in [0.25, 0.3) is 0 Å². The molecular formula is C13H19N3O2. The lowest BCUT2D eigenvalue weighted by atomic mass is 10.2. The van der Waals surface area contributed by atoms with Gasteiger partial charge in [-0.3, -0.25) is 4.98 Å². The van der Waals surface area contributed by atoms with E-state index in [1.54, 1.807) is 12.3 Å². The summed E-state index contributed by atoms with van der Waals surface area (Å²) >= 11 is 0. The molecule has 0 aromatic carbocycles. The summed E-state index contributed by atoms with van der Waals surface area (Å²) in [6.45, 7) is 4.15. The zero-order chi connectivity index (χ0) is 13.0. The summed E-state index contributed by atoms with van der Waals surface area (Å²) in [6.07, 6.45) is 5.59. The Morgan fingerprint density at radius 1 is 1.50 bits per heavy atom. The second-order valence-corrected chi connectivity index (χ2v) is 4.67. The van der Waals surface area contributed by atoms with Crippen molar-refractivity contribution >= 4 is 11.7 Å². The van der Waals surface area contributed by atoms with Gasteiger partial charge in [-0.25, -0.2) is 4.79 Å². The fourth-order valence-electron chi connectivity index (χ4n) is 2.30. The van der Waals surface area contributed by atoms with Crippen LogP contribution in [0.5, 0.6) is 0 Å². The number of hydrogen-bond acceptors (Lipinski definition) is 4. The third-order valence-corrected chi connectivity index (χ3v) is 3.39. The highest BCUT2D eigenvalue weighted by molar-refractivity contribution is 5.93. The van der Waals surface area contributed by atoms with Crippen molar-refractivity contribution in [3.8, 4) is 0 Å². The van der Waals surface area contributed by atoms with Gasteiger partial charge in [0.1, 0.15) is 5.56 Å². The topological polar surface area (TPSA) is 56.7 Å². The molecule has 0 aliphatic carbocycles. The van der Waals surface area contributed by atoms with Crippen LogP contribution in [0.4, 0.5) is 5.69 Å². The second-order valence-electron chi connectivity index (χ2n) is 4.67. The molecule has 1 saturated heterocycles. The first kappa shape index (κ1) is 12.8. The number of likely N-dealkylation sites (N-methyl/N-ethyl adjacent to an activating group) is 1. The average Bonchev–Trinajstić information content (AvgIpc) is 2.89. The van der Waals surface area contributed by atoms with Gasteiger partial charge in [0.2, 0.25) is 0 Å². The van der Waals surface area contributed by atoms with Crippen molar-refractivity contribution in [1.82, 2.24) is 9.88 Å². The fourth-order valence-corrected chi connectivity index (χ4v) is 2.30. The number of rotatable bonds is 5. The molecule has 0 atom stereocenters. The van der Waals surface area contributed by atoms with E-state index in [1.165, 1.54) is 19.0 Å². The fraction of sp³-hybridized carbons (Fsp3) is 0.538. The molecule has 0 amide bonds. The van der Waals surface area contributed by atoms with E-state index in [-0.39, 0.29) is 5.56 Å². The van der Waals surface area contributed by atoms with Gasteiger partial charge in [-0.1, -0.05) is 0 Å². The first-order valence-electron chi connectivity index (χ1n) is 6.29. The van der Waals surface area contributed by atoms with Crippen molar-refractivity contribution in [3.05, 3.63) is 24.0 Å². The summed E-state index contributed by atoms with van der Waals surface area (Å²) < 4.78 is 0. The number of carbonyl (C=O) groups is 1. The molecular weight excluding hydrogens is 230 g/mol. The van der Waals surface area contributed by atoms with Gasteiger partial charge in [-0.2, -0.15) is 0 Å². The van der Waals surface area contributed by atoms with Crippen molar-refractivity contribution in [1.29, 1.82) is 0 Å². The Hall–Kier alpha value is -1.62. The third kappa shape index (κ3) is 2.98. The summed E-state index contributed by atoms with van der Waals surface area (Å²) in [5.74, 6) is -0.925. The Balaban J connectivity index is 1.99. The second kappa shape index (κ2) is 5.82. The van der Waals surface area contributed by atoms with Crippen LogP contribution >= 0.6 is 0 Å². The van der Waals surface area contributed by atoms with Crippen LogP contribution in [0.3, 0.4) is 0 Å². The first-order valence-corrected chi connectivity index (χ1v) is 6.29.